The Balaban J connectivity index is 1.93. The van der Waals surface area contributed by atoms with Gasteiger partial charge in [-0.25, -0.2) is 0 Å². The second-order valence-electron chi connectivity index (χ2n) is 4.98. The van der Waals surface area contributed by atoms with Crippen LogP contribution in [0.25, 0.3) is 0 Å². The van der Waals surface area contributed by atoms with Gasteiger partial charge in [0.25, 0.3) is 0 Å². The quantitative estimate of drug-likeness (QED) is 0.745. The number of nitrogens with zero attached hydrogens (tertiary/aromatic N) is 1. The van der Waals surface area contributed by atoms with Crippen LogP contribution in [0.4, 0.5) is 0 Å². The molecule has 0 amide bonds. The van der Waals surface area contributed by atoms with Gasteiger partial charge in [0.1, 0.15) is 0 Å². The number of ketones is 1. The van der Waals surface area contributed by atoms with Gasteiger partial charge in [0.05, 0.1) is 6.54 Å². The van der Waals surface area contributed by atoms with Gasteiger partial charge in [-0.15, -0.1) is 0 Å². The molecule has 1 aliphatic heterocycles. The number of carbonyl (C=O) groups excluding carboxylic acids is 1. The maximum Gasteiger partial charge on any atom is 0.176 e. The molecule has 0 saturated carbocycles. The van der Waals surface area contributed by atoms with E-state index in [1.165, 1.54) is 31.2 Å². The highest BCUT2D eigenvalue weighted by molar-refractivity contribution is 5.97. The maximum absolute atomic E-state index is 12.1. The number of rotatable bonds is 3. The van der Waals surface area contributed by atoms with Crippen molar-refractivity contribution >= 4 is 5.78 Å². The fourth-order valence-corrected chi connectivity index (χ4v) is 2.33. The smallest absolute Gasteiger partial charge is 0.176 e. The van der Waals surface area contributed by atoms with Crippen molar-refractivity contribution in [1.29, 1.82) is 0 Å². The van der Waals surface area contributed by atoms with Crippen LogP contribution in [0.1, 0.15) is 41.6 Å². The number of hydrogen-bond donors (Lipinski definition) is 0. The molecule has 17 heavy (non-hydrogen) atoms. The number of Topliss-reactive ketones (excluding diaryl/α,β-unsaturated/α-hetero) is 1. The minimum absolute atomic E-state index is 0.256. The molecule has 0 radical (unpaired) electrons. The summed E-state index contributed by atoms with van der Waals surface area (Å²) in [6.07, 6.45) is 5.10. The minimum Gasteiger partial charge on any atom is -0.296 e. The first kappa shape index (κ1) is 12.3. The Morgan fingerprint density at radius 1 is 1.06 bits per heavy atom. The Labute approximate surface area is 104 Å². The summed E-state index contributed by atoms with van der Waals surface area (Å²) in [5.74, 6) is 0.256. The molecule has 0 aromatic heterocycles. The molecular formula is C15H21NO. The average Bonchev–Trinajstić information content (AvgIpc) is 2.58. The van der Waals surface area contributed by atoms with Gasteiger partial charge in [-0.1, -0.05) is 42.7 Å². The third-order valence-corrected chi connectivity index (χ3v) is 3.44. The first-order valence-electron chi connectivity index (χ1n) is 6.58. The molecule has 0 spiro atoms. The zero-order chi connectivity index (χ0) is 12.1. The van der Waals surface area contributed by atoms with Crippen LogP contribution >= 0.6 is 0 Å². The van der Waals surface area contributed by atoms with Crippen molar-refractivity contribution in [2.75, 3.05) is 19.6 Å². The largest absolute Gasteiger partial charge is 0.296 e. The van der Waals surface area contributed by atoms with Gasteiger partial charge in [-0.3, -0.25) is 9.69 Å². The van der Waals surface area contributed by atoms with Gasteiger partial charge < -0.3 is 0 Å². The number of likely N-dealkylation sites (tertiary alicyclic amines) is 1. The lowest BCUT2D eigenvalue weighted by Crippen LogP contribution is -2.30. The molecule has 2 rings (SSSR count). The van der Waals surface area contributed by atoms with Crippen LogP contribution in [0.2, 0.25) is 0 Å². The standard InChI is InChI=1S/C15H21NO/c1-13-6-8-14(9-7-13)15(17)12-16-10-4-2-3-5-11-16/h6-9H,2-5,10-12H2,1H3. The molecule has 2 heteroatoms. The summed E-state index contributed by atoms with van der Waals surface area (Å²) in [7, 11) is 0. The summed E-state index contributed by atoms with van der Waals surface area (Å²) in [6.45, 7) is 4.79. The highest BCUT2D eigenvalue weighted by atomic mass is 16.1. The normalized spacial score (nSPS) is 17.7. The molecule has 1 aliphatic rings. The van der Waals surface area contributed by atoms with Crippen molar-refractivity contribution in [2.45, 2.75) is 32.6 Å². The van der Waals surface area contributed by atoms with Crippen LogP contribution in [0.5, 0.6) is 0 Å². The van der Waals surface area contributed by atoms with Crippen molar-refractivity contribution < 1.29 is 4.79 Å². The summed E-state index contributed by atoms with van der Waals surface area (Å²) in [6, 6.07) is 7.90. The van der Waals surface area contributed by atoms with Gasteiger partial charge in [-0.2, -0.15) is 0 Å². The molecule has 1 aromatic carbocycles. The Kier molecular flexibility index (Phi) is 4.32. The second-order valence-corrected chi connectivity index (χ2v) is 4.98. The molecule has 1 heterocycles. The highest BCUT2D eigenvalue weighted by Gasteiger charge is 2.13. The molecule has 0 atom stereocenters. The third-order valence-electron chi connectivity index (χ3n) is 3.44. The molecule has 1 aromatic rings. The van der Waals surface area contributed by atoms with Gasteiger partial charge in [-0.05, 0) is 32.9 Å². The molecular weight excluding hydrogens is 210 g/mol. The van der Waals surface area contributed by atoms with Crippen LogP contribution in [0, 0.1) is 6.92 Å². The molecule has 2 nitrogen and oxygen atoms in total. The minimum atomic E-state index is 0.256. The lowest BCUT2D eigenvalue weighted by atomic mass is 10.1. The van der Waals surface area contributed by atoms with Gasteiger partial charge >= 0.3 is 0 Å². The van der Waals surface area contributed by atoms with Crippen molar-refractivity contribution in [3.05, 3.63) is 35.4 Å². The first-order chi connectivity index (χ1) is 8.25. The van der Waals surface area contributed by atoms with E-state index in [2.05, 4.69) is 4.90 Å². The van der Waals surface area contributed by atoms with E-state index in [4.69, 9.17) is 0 Å². The van der Waals surface area contributed by atoms with Gasteiger partial charge in [0.2, 0.25) is 0 Å². The van der Waals surface area contributed by atoms with E-state index in [1.807, 2.05) is 31.2 Å². The summed E-state index contributed by atoms with van der Waals surface area (Å²) in [4.78, 5) is 14.4. The molecule has 0 aliphatic carbocycles. The summed E-state index contributed by atoms with van der Waals surface area (Å²) in [5, 5.41) is 0. The van der Waals surface area contributed by atoms with E-state index >= 15 is 0 Å². The van der Waals surface area contributed by atoms with E-state index in [9.17, 15) is 4.79 Å². The number of hydrogen-bond acceptors (Lipinski definition) is 2. The zero-order valence-electron chi connectivity index (χ0n) is 10.6. The lowest BCUT2D eigenvalue weighted by Gasteiger charge is -2.18. The molecule has 1 fully saturated rings. The fraction of sp³-hybridized carbons (Fsp3) is 0.533. The maximum atomic E-state index is 12.1. The summed E-state index contributed by atoms with van der Waals surface area (Å²) < 4.78 is 0. The molecule has 1 saturated heterocycles. The van der Waals surface area contributed by atoms with Crippen LogP contribution in [-0.4, -0.2) is 30.3 Å². The lowest BCUT2D eigenvalue weighted by molar-refractivity contribution is 0.0933. The topological polar surface area (TPSA) is 20.3 Å². The average molecular weight is 231 g/mol. The zero-order valence-corrected chi connectivity index (χ0v) is 10.6. The SMILES string of the molecule is Cc1ccc(C(=O)CN2CCCCCC2)cc1. The number of carbonyl (C=O) groups is 1. The van der Waals surface area contributed by atoms with Crippen molar-refractivity contribution in [1.82, 2.24) is 4.90 Å². The fourth-order valence-electron chi connectivity index (χ4n) is 2.33. The van der Waals surface area contributed by atoms with Crippen LogP contribution in [-0.2, 0) is 0 Å². The summed E-state index contributed by atoms with van der Waals surface area (Å²) in [5.41, 5.74) is 2.05. The number of aryl methyl sites for hydroxylation is 1. The predicted octanol–water partition coefficient (Wildman–Crippen LogP) is 3.05. The monoisotopic (exact) mass is 231 g/mol. The first-order valence-corrected chi connectivity index (χ1v) is 6.58. The van der Waals surface area contributed by atoms with Gasteiger partial charge in [0, 0.05) is 5.56 Å². The highest BCUT2D eigenvalue weighted by Crippen LogP contribution is 2.11. The Morgan fingerprint density at radius 3 is 2.24 bits per heavy atom. The van der Waals surface area contributed by atoms with Crippen molar-refractivity contribution in [3.8, 4) is 0 Å². The Morgan fingerprint density at radius 2 is 1.65 bits per heavy atom. The van der Waals surface area contributed by atoms with Crippen LogP contribution in [0.3, 0.4) is 0 Å². The second kappa shape index (κ2) is 5.97. The number of benzene rings is 1. The molecule has 0 N–H and O–H groups in total. The Bertz CT molecular complexity index is 361. The van der Waals surface area contributed by atoms with Gasteiger partial charge in [0.15, 0.2) is 5.78 Å². The van der Waals surface area contributed by atoms with Crippen molar-refractivity contribution in [3.63, 3.8) is 0 Å². The van der Waals surface area contributed by atoms with E-state index in [0.717, 1.165) is 18.7 Å². The van der Waals surface area contributed by atoms with E-state index in [0.29, 0.717) is 6.54 Å². The third kappa shape index (κ3) is 3.67. The molecule has 92 valence electrons. The van der Waals surface area contributed by atoms with E-state index in [1.54, 1.807) is 0 Å². The summed E-state index contributed by atoms with van der Waals surface area (Å²) >= 11 is 0. The molecule has 0 unspecified atom stereocenters. The van der Waals surface area contributed by atoms with Crippen molar-refractivity contribution in [2.24, 2.45) is 0 Å². The molecule has 0 bridgehead atoms. The Hall–Kier alpha value is -1.15. The van der Waals surface area contributed by atoms with Crippen LogP contribution in [0.15, 0.2) is 24.3 Å². The van der Waals surface area contributed by atoms with E-state index in [-0.39, 0.29) is 5.78 Å². The van der Waals surface area contributed by atoms with E-state index < -0.39 is 0 Å². The predicted molar refractivity (Wildman–Crippen MR) is 70.4 cm³/mol. The van der Waals surface area contributed by atoms with Crippen LogP contribution < -0.4 is 0 Å².